The van der Waals surface area contributed by atoms with Crippen LogP contribution in [0.4, 0.5) is 10.1 Å². The number of fused-ring (bicyclic) bond motifs is 1. The molecule has 5 rings (SSSR count). The number of nitrogens with zero attached hydrogens (tertiary/aromatic N) is 2. The number of aromatic hydroxyl groups is 1. The van der Waals surface area contributed by atoms with Gasteiger partial charge < -0.3 is 14.7 Å². The van der Waals surface area contributed by atoms with Gasteiger partial charge in [-0.3, -0.25) is 0 Å². The predicted molar refractivity (Wildman–Crippen MR) is 114 cm³/mol. The van der Waals surface area contributed by atoms with Gasteiger partial charge in [0.15, 0.2) is 17.3 Å². The van der Waals surface area contributed by atoms with E-state index in [4.69, 9.17) is 4.74 Å². The molecular formula is C23H23FN2O2S. The predicted octanol–water partition coefficient (Wildman–Crippen LogP) is 5.57. The van der Waals surface area contributed by atoms with Crippen molar-refractivity contribution >= 4 is 17.0 Å². The lowest BCUT2D eigenvalue weighted by Crippen LogP contribution is -2.20. The van der Waals surface area contributed by atoms with Crippen molar-refractivity contribution in [3.05, 3.63) is 47.6 Å². The SMILES string of the molecule is COc1cc(-c2csc(-c3ccc(N4C[C@H]5CCC[C@H]5C4)cc3)n2)cc(F)c1O. The zero-order valence-electron chi connectivity index (χ0n) is 16.3. The number of rotatable bonds is 4. The first-order chi connectivity index (χ1) is 14.1. The fourth-order valence-electron chi connectivity index (χ4n) is 4.68. The maximum atomic E-state index is 14.0. The van der Waals surface area contributed by atoms with Crippen LogP contribution in [0.5, 0.6) is 11.5 Å². The van der Waals surface area contributed by atoms with Crippen LogP contribution in [-0.4, -0.2) is 30.3 Å². The summed E-state index contributed by atoms with van der Waals surface area (Å²) in [6.45, 7) is 2.36. The summed E-state index contributed by atoms with van der Waals surface area (Å²) >= 11 is 1.52. The zero-order chi connectivity index (χ0) is 20.0. The molecule has 150 valence electrons. The van der Waals surface area contributed by atoms with Crippen LogP contribution in [0.1, 0.15) is 19.3 Å². The molecule has 2 atom stereocenters. The van der Waals surface area contributed by atoms with Gasteiger partial charge in [-0.1, -0.05) is 6.42 Å². The number of phenolic OH excluding ortho intramolecular Hbond substituents is 1. The van der Waals surface area contributed by atoms with Crippen molar-refractivity contribution in [1.29, 1.82) is 0 Å². The van der Waals surface area contributed by atoms with E-state index in [-0.39, 0.29) is 5.75 Å². The highest BCUT2D eigenvalue weighted by atomic mass is 32.1. The minimum absolute atomic E-state index is 0.106. The van der Waals surface area contributed by atoms with Crippen LogP contribution in [-0.2, 0) is 0 Å². The lowest BCUT2D eigenvalue weighted by molar-refractivity contribution is 0.357. The van der Waals surface area contributed by atoms with Crippen LogP contribution in [0.3, 0.4) is 0 Å². The van der Waals surface area contributed by atoms with Crippen molar-refractivity contribution < 1.29 is 14.2 Å². The molecule has 2 aliphatic rings. The van der Waals surface area contributed by atoms with Crippen molar-refractivity contribution in [2.24, 2.45) is 11.8 Å². The highest BCUT2D eigenvalue weighted by Gasteiger charge is 2.36. The first-order valence-electron chi connectivity index (χ1n) is 10.00. The third-order valence-electron chi connectivity index (χ3n) is 6.25. The molecule has 2 aromatic carbocycles. The topological polar surface area (TPSA) is 45.6 Å². The summed E-state index contributed by atoms with van der Waals surface area (Å²) in [4.78, 5) is 7.18. The molecule has 1 aromatic heterocycles. The molecule has 1 saturated heterocycles. The van der Waals surface area contributed by atoms with Crippen molar-refractivity contribution in [2.45, 2.75) is 19.3 Å². The Labute approximate surface area is 173 Å². The Morgan fingerprint density at radius 1 is 1.10 bits per heavy atom. The highest BCUT2D eigenvalue weighted by molar-refractivity contribution is 7.13. The Balaban J connectivity index is 1.36. The van der Waals surface area contributed by atoms with E-state index < -0.39 is 11.6 Å². The number of methoxy groups -OCH3 is 1. The number of aromatic nitrogens is 1. The normalized spacial score (nSPS) is 20.8. The second-order valence-corrected chi connectivity index (χ2v) is 8.81. The molecule has 0 spiro atoms. The lowest BCUT2D eigenvalue weighted by Gasteiger charge is -2.19. The van der Waals surface area contributed by atoms with Gasteiger partial charge in [0.1, 0.15) is 5.01 Å². The standard InChI is InChI=1S/C23H23FN2O2S/c1-28-21-10-17(9-19(24)22(21)27)20-13-29-23(25-20)14-5-7-18(8-6-14)26-11-15-3-2-4-16(15)12-26/h5-10,13,15-16,27H,2-4,11-12H2,1H3/t15-,16+. The number of thiazole rings is 1. The van der Waals surface area contributed by atoms with Gasteiger partial charge in [-0.2, -0.15) is 0 Å². The number of anilines is 1. The van der Waals surface area contributed by atoms with E-state index in [1.54, 1.807) is 6.07 Å². The minimum atomic E-state index is -0.714. The second-order valence-electron chi connectivity index (χ2n) is 7.95. The van der Waals surface area contributed by atoms with E-state index in [9.17, 15) is 9.50 Å². The molecule has 1 aliphatic carbocycles. The van der Waals surface area contributed by atoms with Gasteiger partial charge in [-0.25, -0.2) is 9.37 Å². The van der Waals surface area contributed by atoms with Crippen LogP contribution in [0.25, 0.3) is 21.8 Å². The van der Waals surface area contributed by atoms with Crippen LogP contribution in [0.2, 0.25) is 0 Å². The van der Waals surface area contributed by atoms with E-state index in [1.165, 1.54) is 62.6 Å². The van der Waals surface area contributed by atoms with E-state index in [0.29, 0.717) is 11.3 Å². The van der Waals surface area contributed by atoms with E-state index in [0.717, 1.165) is 22.4 Å². The Morgan fingerprint density at radius 3 is 2.52 bits per heavy atom. The first-order valence-corrected chi connectivity index (χ1v) is 10.9. The zero-order valence-corrected chi connectivity index (χ0v) is 17.1. The van der Waals surface area contributed by atoms with Gasteiger partial charge in [-0.15, -0.1) is 11.3 Å². The summed E-state index contributed by atoms with van der Waals surface area (Å²) in [5.41, 5.74) is 3.58. The summed E-state index contributed by atoms with van der Waals surface area (Å²) in [5.74, 6) is 0.661. The van der Waals surface area contributed by atoms with Gasteiger partial charge in [0.2, 0.25) is 0 Å². The smallest absolute Gasteiger partial charge is 0.194 e. The molecule has 0 unspecified atom stereocenters. The quantitative estimate of drug-likeness (QED) is 0.611. The summed E-state index contributed by atoms with van der Waals surface area (Å²) < 4.78 is 19.0. The number of phenols is 1. The fraction of sp³-hybridized carbons (Fsp3) is 0.348. The average Bonchev–Trinajstić information content (AvgIpc) is 3.46. The number of hydrogen-bond donors (Lipinski definition) is 1. The molecule has 6 heteroatoms. The van der Waals surface area contributed by atoms with Crippen molar-refractivity contribution in [1.82, 2.24) is 4.98 Å². The van der Waals surface area contributed by atoms with Crippen LogP contribution < -0.4 is 9.64 Å². The van der Waals surface area contributed by atoms with Crippen molar-refractivity contribution in [2.75, 3.05) is 25.1 Å². The highest BCUT2D eigenvalue weighted by Crippen LogP contribution is 2.40. The molecule has 0 radical (unpaired) electrons. The van der Waals surface area contributed by atoms with E-state index in [2.05, 4.69) is 34.1 Å². The fourth-order valence-corrected chi connectivity index (χ4v) is 5.51. The summed E-state index contributed by atoms with van der Waals surface area (Å²) in [7, 11) is 1.40. The molecule has 0 bridgehead atoms. The van der Waals surface area contributed by atoms with Crippen LogP contribution in [0, 0.1) is 17.7 Å². The monoisotopic (exact) mass is 410 g/mol. The van der Waals surface area contributed by atoms with Gasteiger partial charge in [0.05, 0.1) is 12.8 Å². The van der Waals surface area contributed by atoms with Gasteiger partial charge >= 0.3 is 0 Å². The van der Waals surface area contributed by atoms with Crippen molar-refractivity contribution in [3.63, 3.8) is 0 Å². The third-order valence-corrected chi connectivity index (χ3v) is 7.15. The molecular weight excluding hydrogens is 387 g/mol. The summed E-state index contributed by atoms with van der Waals surface area (Å²) in [5, 5.41) is 12.5. The number of benzene rings is 2. The van der Waals surface area contributed by atoms with Crippen LogP contribution in [0.15, 0.2) is 41.8 Å². The maximum absolute atomic E-state index is 14.0. The molecule has 3 aromatic rings. The molecule has 0 amide bonds. The molecule has 1 aliphatic heterocycles. The van der Waals surface area contributed by atoms with E-state index >= 15 is 0 Å². The summed E-state index contributed by atoms with van der Waals surface area (Å²) in [6.07, 6.45) is 4.15. The number of hydrogen-bond acceptors (Lipinski definition) is 5. The van der Waals surface area contributed by atoms with Crippen LogP contribution >= 0.6 is 11.3 Å². The Bertz CT molecular complexity index is 1020. The number of ether oxygens (including phenoxy) is 1. The third kappa shape index (κ3) is 3.35. The lowest BCUT2D eigenvalue weighted by atomic mass is 10.0. The maximum Gasteiger partial charge on any atom is 0.194 e. The second kappa shape index (κ2) is 7.34. The molecule has 2 heterocycles. The number of halogens is 1. The van der Waals surface area contributed by atoms with Gasteiger partial charge in [0, 0.05) is 35.3 Å². The van der Waals surface area contributed by atoms with Crippen molar-refractivity contribution in [3.8, 4) is 33.3 Å². The first kappa shape index (κ1) is 18.4. The Hall–Kier alpha value is -2.60. The minimum Gasteiger partial charge on any atom is -0.502 e. The Kier molecular flexibility index (Phi) is 4.66. The molecule has 1 saturated carbocycles. The summed E-state index contributed by atoms with van der Waals surface area (Å²) in [6, 6.07) is 11.5. The van der Waals surface area contributed by atoms with E-state index in [1.807, 2.05) is 5.38 Å². The largest absolute Gasteiger partial charge is 0.502 e. The average molecular weight is 411 g/mol. The van der Waals surface area contributed by atoms with Gasteiger partial charge in [0.25, 0.3) is 0 Å². The molecule has 1 N–H and O–H groups in total. The molecule has 2 fully saturated rings. The van der Waals surface area contributed by atoms with Gasteiger partial charge in [-0.05, 0) is 61.1 Å². The molecule has 4 nitrogen and oxygen atoms in total. The molecule has 29 heavy (non-hydrogen) atoms. The Morgan fingerprint density at radius 2 is 1.83 bits per heavy atom.